The minimum Gasteiger partial charge on any atom is -0.312 e. The third kappa shape index (κ3) is 3.97. The van der Waals surface area contributed by atoms with Crippen molar-refractivity contribution in [3.63, 3.8) is 0 Å². The van der Waals surface area contributed by atoms with E-state index in [0.29, 0.717) is 0 Å². The highest BCUT2D eigenvalue weighted by Crippen LogP contribution is 2.05. The molecule has 66 valence electrons. The van der Waals surface area contributed by atoms with Crippen molar-refractivity contribution in [2.45, 2.75) is 18.9 Å². The molecule has 11 heavy (non-hydrogen) atoms. The Morgan fingerprint density at radius 1 is 1.82 bits per heavy atom. The molecule has 1 rings (SSSR count). The summed E-state index contributed by atoms with van der Waals surface area (Å²) in [7, 11) is -3.42. The van der Waals surface area contributed by atoms with Gasteiger partial charge in [0.25, 0.3) is 9.05 Å². The van der Waals surface area contributed by atoms with Crippen LogP contribution in [0.3, 0.4) is 0 Å². The maximum Gasteiger partial charge on any atom is 0.266 e. The Bertz CT molecular complexity index is 208. The first-order chi connectivity index (χ1) is 5.08. The molecule has 1 aliphatic heterocycles. The average Bonchev–Trinajstić information content (AvgIpc) is 2.32. The van der Waals surface area contributed by atoms with Crippen LogP contribution in [-0.2, 0) is 24.4 Å². The van der Waals surface area contributed by atoms with Crippen LogP contribution in [0.5, 0.6) is 0 Å². The number of nitrogens with one attached hydrogen (secondary N) is 1. The molecule has 0 amide bonds. The van der Waals surface area contributed by atoms with Crippen LogP contribution in [0.1, 0.15) is 12.8 Å². The molecular formula is C5H11NO3S2. The van der Waals surface area contributed by atoms with Crippen LogP contribution < -0.4 is 5.32 Å². The van der Waals surface area contributed by atoms with Crippen molar-refractivity contribution in [2.75, 3.05) is 13.2 Å². The molecule has 4 nitrogen and oxygen atoms in total. The zero-order valence-electron chi connectivity index (χ0n) is 5.99. The Morgan fingerprint density at radius 2 is 2.55 bits per heavy atom. The van der Waals surface area contributed by atoms with Gasteiger partial charge in [-0.2, -0.15) is 4.21 Å². The van der Waals surface area contributed by atoms with E-state index in [2.05, 4.69) is 20.7 Å². The van der Waals surface area contributed by atoms with E-state index >= 15 is 0 Å². The van der Waals surface area contributed by atoms with Crippen molar-refractivity contribution < 1.29 is 12.9 Å². The summed E-state index contributed by atoms with van der Waals surface area (Å²) in [6.07, 6.45) is 2.09. The summed E-state index contributed by atoms with van der Waals surface area (Å²) in [5.74, 6) is 0. The summed E-state index contributed by atoms with van der Waals surface area (Å²) >= 11 is 4.15. The zero-order valence-corrected chi connectivity index (χ0v) is 7.62. The maximum absolute atomic E-state index is 10.5. The second-order valence-corrected chi connectivity index (χ2v) is 4.86. The van der Waals surface area contributed by atoms with E-state index in [1.807, 2.05) is 0 Å². The molecule has 1 aliphatic rings. The molecule has 0 saturated carbocycles. The highest BCUT2D eigenvalue weighted by Gasteiger charge is 2.15. The van der Waals surface area contributed by atoms with E-state index in [4.69, 9.17) is 4.55 Å². The lowest BCUT2D eigenvalue weighted by Gasteiger charge is -2.08. The molecule has 6 heteroatoms. The molecule has 0 aromatic heterocycles. The second kappa shape index (κ2) is 3.77. The first kappa shape index (κ1) is 9.34. The quantitative estimate of drug-likeness (QED) is 0.661. The van der Waals surface area contributed by atoms with Gasteiger partial charge in [0, 0.05) is 17.2 Å². The van der Waals surface area contributed by atoms with Gasteiger partial charge in [0.1, 0.15) is 0 Å². The van der Waals surface area contributed by atoms with Crippen LogP contribution in [0.4, 0.5) is 0 Å². The van der Waals surface area contributed by atoms with E-state index < -0.39 is 9.05 Å². The molecule has 1 heterocycles. The van der Waals surface area contributed by atoms with E-state index in [9.17, 15) is 4.21 Å². The van der Waals surface area contributed by atoms with E-state index in [1.54, 1.807) is 0 Å². The Balaban J connectivity index is 2.22. The molecule has 0 bridgehead atoms. The van der Waals surface area contributed by atoms with E-state index in [0.717, 1.165) is 19.4 Å². The normalized spacial score (nSPS) is 30.1. The van der Waals surface area contributed by atoms with Crippen LogP contribution in [0.25, 0.3) is 0 Å². The fourth-order valence-electron chi connectivity index (χ4n) is 1.07. The molecule has 2 atom stereocenters. The molecule has 1 unspecified atom stereocenters. The molecule has 0 aromatic carbocycles. The summed E-state index contributed by atoms with van der Waals surface area (Å²) in [6.45, 7) is 1.19. The summed E-state index contributed by atoms with van der Waals surface area (Å²) in [4.78, 5) is 0. The minimum absolute atomic E-state index is 0.200. The Kier molecular flexibility index (Phi) is 3.20. The van der Waals surface area contributed by atoms with Gasteiger partial charge in [-0.25, -0.2) is 0 Å². The van der Waals surface area contributed by atoms with Crippen LogP contribution in [0, 0.1) is 0 Å². The zero-order chi connectivity index (χ0) is 8.32. The van der Waals surface area contributed by atoms with Crippen LogP contribution >= 0.6 is 0 Å². The van der Waals surface area contributed by atoms with Gasteiger partial charge in [-0.3, -0.25) is 8.74 Å². The molecule has 2 N–H and O–H groups in total. The van der Waals surface area contributed by atoms with Gasteiger partial charge in [0.2, 0.25) is 0 Å². The Hall–Kier alpha value is 0.250. The SMILES string of the molecule is O=S(O)(=S)OC[C@@H]1CCCN1. The largest absolute Gasteiger partial charge is 0.312 e. The van der Waals surface area contributed by atoms with Gasteiger partial charge in [-0.05, 0) is 19.4 Å². The fraction of sp³-hybridized carbons (Fsp3) is 1.00. The van der Waals surface area contributed by atoms with Crippen molar-refractivity contribution in [1.82, 2.24) is 5.32 Å². The summed E-state index contributed by atoms with van der Waals surface area (Å²) in [6, 6.07) is 0.200. The van der Waals surface area contributed by atoms with Gasteiger partial charge in [0.05, 0.1) is 6.61 Å². The van der Waals surface area contributed by atoms with Crippen molar-refractivity contribution in [3.8, 4) is 0 Å². The lowest BCUT2D eigenvalue weighted by atomic mass is 10.2. The summed E-state index contributed by atoms with van der Waals surface area (Å²) < 4.78 is 23.6. The number of hydrogen-bond donors (Lipinski definition) is 2. The standard InChI is InChI=1S/C5H11NO3S2/c7-11(8,10)9-4-5-2-1-3-6-5/h5-6H,1-4H2,(H,7,8,10)/t5-/m0/s1. The van der Waals surface area contributed by atoms with E-state index in [-0.39, 0.29) is 12.6 Å². The monoisotopic (exact) mass is 197 g/mol. The third-order valence-corrected chi connectivity index (χ3v) is 2.30. The predicted molar refractivity (Wildman–Crippen MR) is 45.1 cm³/mol. The molecule has 1 saturated heterocycles. The molecule has 0 radical (unpaired) electrons. The van der Waals surface area contributed by atoms with Crippen LogP contribution in [0.15, 0.2) is 0 Å². The number of rotatable bonds is 3. The molecule has 0 aromatic rings. The Labute approximate surface area is 71.0 Å². The molecule has 0 aliphatic carbocycles. The molecular weight excluding hydrogens is 186 g/mol. The van der Waals surface area contributed by atoms with Crippen molar-refractivity contribution in [2.24, 2.45) is 0 Å². The fourth-order valence-corrected chi connectivity index (χ4v) is 1.57. The highest BCUT2D eigenvalue weighted by atomic mass is 32.9. The predicted octanol–water partition coefficient (Wildman–Crippen LogP) is -0.111. The third-order valence-electron chi connectivity index (χ3n) is 1.58. The van der Waals surface area contributed by atoms with Gasteiger partial charge < -0.3 is 5.32 Å². The van der Waals surface area contributed by atoms with Gasteiger partial charge in [-0.1, -0.05) is 0 Å². The lowest BCUT2D eigenvalue weighted by Crippen LogP contribution is -2.27. The lowest BCUT2D eigenvalue weighted by molar-refractivity contribution is 0.271. The first-order valence-corrected chi connectivity index (χ1v) is 5.80. The van der Waals surface area contributed by atoms with Crippen molar-refractivity contribution in [3.05, 3.63) is 0 Å². The maximum atomic E-state index is 10.5. The topological polar surface area (TPSA) is 58.6 Å². The minimum atomic E-state index is -3.42. The van der Waals surface area contributed by atoms with E-state index in [1.165, 1.54) is 0 Å². The highest BCUT2D eigenvalue weighted by molar-refractivity contribution is 8.27. The first-order valence-electron chi connectivity index (χ1n) is 3.43. The summed E-state index contributed by atoms with van der Waals surface area (Å²) in [5.41, 5.74) is 0. The molecule has 0 spiro atoms. The summed E-state index contributed by atoms with van der Waals surface area (Å²) in [5, 5.41) is 3.12. The van der Waals surface area contributed by atoms with Crippen molar-refractivity contribution >= 4 is 20.2 Å². The second-order valence-electron chi connectivity index (χ2n) is 2.51. The van der Waals surface area contributed by atoms with Gasteiger partial charge in [-0.15, -0.1) is 0 Å². The average molecular weight is 197 g/mol. The van der Waals surface area contributed by atoms with Crippen molar-refractivity contribution in [1.29, 1.82) is 0 Å². The number of hydrogen-bond acceptors (Lipinski definition) is 4. The van der Waals surface area contributed by atoms with Gasteiger partial charge in [0.15, 0.2) is 0 Å². The smallest absolute Gasteiger partial charge is 0.266 e. The molecule has 1 fully saturated rings. The van der Waals surface area contributed by atoms with Crippen LogP contribution in [-0.4, -0.2) is 28.0 Å². The Morgan fingerprint density at radius 3 is 3.00 bits per heavy atom. The van der Waals surface area contributed by atoms with Gasteiger partial charge >= 0.3 is 0 Å². The van der Waals surface area contributed by atoms with Crippen LogP contribution in [0.2, 0.25) is 0 Å².